The molecule has 11 heteroatoms. The molecular weight excluding hydrogens is 427 g/mol. The van der Waals surface area contributed by atoms with Gasteiger partial charge < -0.3 is 10.6 Å². The van der Waals surface area contributed by atoms with Gasteiger partial charge in [-0.1, -0.05) is 25.5 Å². The van der Waals surface area contributed by atoms with Gasteiger partial charge in [-0.05, 0) is 38.1 Å². The maximum Gasteiger partial charge on any atom is 0.416 e. The molecule has 176 valence electrons. The van der Waals surface area contributed by atoms with Crippen LogP contribution in [0.15, 0.2) is 33.9 Å². The van der Waals surface area contributed by atoms with E-state index in [0.29, 0.717) is 18.5 Å². The van der Waals surface area contributed by atoms with Crippen molar-refractivity contribution in [2.45, 2.75) is 46.0 Å². The molecule has 0 radical (unpaired) electrons. The Labute approximate surface area is 183 Å². The molecule has 0 aliphatic rings. The van der Waals surface area contributed by atoms with E-state index in [4.69, 9.17) is 5.73 Å². The van der Waals surface area contributed by atoms with Crippen LogP contribution in [0.1, 0.15) is 37.8 Å². The van der Waals surface area contributed by atoms with Gasteiger partial charge in [-0.2, -0.15) is 13.2 Å². The molecule has 2 rings (SSSR count). The van der Waals surface area contributed by atoms with Crippen LogP contribution in [0.25, 0.3) is 0 Å². The number of hydrogen-bond acceptors (Lipinski definition) is 5. The monoisotopic (exact) mass is 455 g/mol. The molecule has 1 aromatic heterocycles. The molecule has 1 amide bonds. The smallest absolute Gasteiger partial charge is 0.383 e. The van der Waals surface area contributed by atoms with Crippen molar-refractivity contribution in [3.63, 3.8) is 0 Å². The first-order chi connectivity index (χ1) is 15.0. The third-order valence-corrected chi connectivity index (χ3v) is 4.98. The molecule has 1 aromatic carbocycles. The van der Waals surface area contributed by atoms with E-state index < -0.39 is 28.9 Å². The number of benzene rings is 1. The molecule has 0 aliphatic carbocycles. The lowest BCUT2D eigenvalue weighted by Crippen LogP contribution is -2.44. The summed E-state index contributed by atoms with van der Waals surface area (Å²) in [6, 6.07) is 4.69. The second kappa shape index (κ2) is 10.5. The summed E-state index contributed by atoms with van der Waals surface area (Å²) >= 11 is 0. The fraction of sp³-hybridized carbons (Fsp3) is 0.476. The van der Waals surface area contributed by atoms with Crippen LogP contribution in [-0.4, -0.2) is 40.5 Å². The van der Waals surface area contributed by atoms with Gasteiger partial charge in [0.1, 0.15) is 5.82 Å². The Hall–Kier alpha value is -3.08. The lowest BCUT2D eigenvalue weighted by molar-refractivity contribution is -0.137. The van der Waals surface area contributed by atoms with Crippen molar-refractivity contribution in [2.24, 2.45) is 0 Å². The van der Waals surface area contributed by atoms with Gasteiger partial charge in [0.2, 0.25) is 5.91 Å². The zero-order chi connectivity index (χ0) is 24.1. The van der Waals surface area contributed by atoms with Gasteiger partial charge in [-0.25, -0.2) is 4.79 Å². The standard InChI is InChI=1S/C21H28F3N5O3/c1-4-6-11-29-18(25)17(19(31)26-20(29)32)28(5-2)16(30)13-27(3)12-14-7-9-15(10-8-14)21(22,23)24/h7-10H,4-6,11-13,25H2,1-3H3,(H,26,31,32). The molecule has 0 atom stereocenters. The third kappa shape index (κ3) is 6.00. The van der Waals surface area contributed by atoms with Gasteiger partial charge >= 0.3 is 11.9 Å². The van der Waals surface area contributed by atoms with Crippen LogP contribution in [0, 0.1) is 0 Å². The van der Waals surface area contributed by atoms with Crippen LogP contribution in [0.3, 0.4) is 0 Å². The second-order valence-corrected chi connectivity index (χ2v) is 7.50. The number of likely N-dealkylation sites (N-methyl/N-ethyl adjacent to an activating group) is 2. The highest BCUT2D eigenvalue weighted by Crippen LogP contribution is 2.29. The number of anilines is 2. The zero-order valence-electron chi connectivity index (χ0n) is 18.3. The van der Waals surface area contributed by atoms with Gasteiger partial charge in [0, 0.05) is 19.6 Å². The molecule has 8 nitrogen and oxygen atoms in total. The van der Waals surface area contributed by atoms with Crippen molar-refractivity contribution in [1.29, 1.82) is 0 Å². The summed E-state index contributed by atoms with van der Waals surface area (Å²) in [4.78, 5) is 42.5. The first kappa shape index (κ1) is 25.2. The second-order valence-electron chi connectivity index (χ2n) is 7.50. The Balaban J connectivity index is 2.19. The first-order valence-corrected chi connectivity index (χ1v) is 10.3. The quantitative estimate of drug-likeness (QED) is 0.604. The summed E-state index contributed by atoms with van der Waals surface area (Å²) < 4.78 is 39.4. The van der Waals surface area contributed by atoms with E-state index in [1.54, 1.807) is 18.9 Å². The molecule has 0 saturated carbocycles. The summed E-state index contributed by atoms with van der Waals surface area (Å²) in [5.41, 5.74) is 4.47. The maximum absolute atomic E-state index is 12.9. The van der Waals surface area contributed by atoms with Crippen LogP contribution >= 0.6 is 0 Å². The largest absolute Gasteiger partial charge is 0.416 e. The highest BCUT2D eigenvalue weighted by molar-refractivity contribution is 5.96. The Morgan fingerprint density at radius 1 is 1.16 bits per heavy atom. The zero-order valence-corrected chi connectivity index (χ0v) is 18.3. The van der Waals surface area contributed by atoms with E-state index in [1.165, 1.54) is 21.6 Å². The number of alkyl halides is 3. The minimum absolute atomic E-state index is 0.0761. The van der Waals surface area contributed by atoms with Crippen LogP contribution in [0.5, 0.6) is 0 Å². The van der Waals surface area contributed by atoms with Crippen molar-refractivity contribution in [3.05, 3.63) is 56.2 Å². The lowest BCUT2D eigenvalue weighted by Gasteiger charge is -2.25. The third-order valence-electron chi connectivity index (χ3n) is 4.98. The molecular formula is C21H28F3N5O3. The number of nitrogens with two attached hydrogens (primary N) is 1. The van der Waals surface area contributed by atoms with Crippen LogP contribution in [0.2, 0.25) is 0 Å². The SMILES string of the molecule is CCCCn1c(N)c(N(CC)C(=O)CN(C)Cc2ccc(C(F)(F)F)cc2)c(=O)[nH]c1=O. The molecule has 2 aromatic rings. The predicted molar refractivity (Wildman–Crippen MR) is 116 cm³/mol. The van der Waals surface area contributed by atoms with E-state index >= 15 is 0 Å². The summed E-state index contributed by atoms with van der Waals surface area (Å²) in [7, 11) is 1.64. The summed E-state index contributed by atoms with van der Waals surface area (Å²) in [6.45, 7) is 4.19. The molecule has 1 heterocycles. The Kier molecular flexibility index (Phi) is 8.25. The van der Waals surface area contributed by atoms with E-state index in [-0.39, 0.29) is 31.1 Å². The van der Waals surface area contributed by atoms with E-state index in [2.05, 4.69) is 4.98 Å². The molecule has 3 N–H and O–H groups in total. The van der Waals surface area contributed by atoms with Crippen molar-refractivity contribution >= 4 is 17.4 Å². The van der Waals surface area contributed by atoms with E-state index in [0.717, 1.165) is 18.6 Å². The number of aromatic nitrogens is 2. The first-order valence-electron chi connectivity index (χ1n) is 10.3. The summed E-state index contributed by atoms with van der Waals surface area (Å²) in [5, 5.41) is 0. The molecule has 0 aliphatic heterocycles. The number of unbranched alkanes of at least 4 members (excludes halogenated alkanes) is 1. The van der Waals surface area contributed by atoms with Crippen molar-refractivity contribution in [2.75, 3.05) is 30.8 Å². The topological polar surface area (TPSA) is 104 Å². The molecule has 0 unspecified atom stereocenters. The number of carbonyl (C=O) groups excluding carboxylic acids is 1. The normalized spacial score (nSPS) is 11.7. The van der Waals surface area contributed by atoms with Gasteiger partial charge in [0.25, 0.3) is 5.56 Å². The van der Waals surface area contributed by atoms with Crippen LogP contribution in [0.4, 0.5) is 24.7 Å². The molecule has 32 heavy (non-hydrogen) atoms. The molecule has 0 spiro atoms. The summed E-state index contributed by atoms with van der Waals surface area (Å²) in [6.07, 6.45) is -2.93. The highest BCUT2D eigenvalue weighted by atomic mass is 19.4. The van der Waals surface area contributed by atoms with Gasteiger partial charge in [-0.15, -0.1) is 0 Å². The van der Waals surface area contributed by atoms with Gasteiger partial charge in [0.05, 0.1) is 12.1 Å². The number of nitrogen functional groups attached to an aromatic ring is 1. The lowest BCUT2D eigenvalue weighted by atomic mass is 10.1. The minimum atomic E-state index is -4.41. The number of carbonyl (C=O) groups is 1. The maximum atomic E-state index is 12.9. The van der Waals surface area contributed by atoms with Crippen molar-refractivity contribution < 1.29 is 18.0 Å². The fourth-order valence-corrected chi connectivity index (χ4v) is 3.32. The number of amides is 1. The molecule has 0 saturated heterocycles. The average molecular weight is 455 g/mol. The fourth-order valence-electron chi connectivity index (χ4n) is 3.32. The number of rotatable bonds is 9. The van der Waals surface area contributed by atoms with E-state index in [9.17, 15) is 27.6 Å². The van der Waals surface area contributed by atoms with E-state index in [1.807, 2.05) is 6.92 Å². The van der Waals surface area contributed by atoms with Gasteiger partial charge in [0.15, 0.2) is 5.69 Å². The molecule has 0 fully saturated rings. The number of aromatic amines is 1. The number of halogens is 3. The van der Waals surface area contributed by atoms with Gasteiger partial charge in [-0.3, -0.25) is 24.0 Å². The number of hydrogen-bond donors (Lipinski definition) is 2. The Morgan fingerprint density at radius 3 is 2.31 bits per heavy atom. The summed E-state index contributed by atoms with van der Waals surface area (Å²) in [5.74, 6) is -0.507. The highest BCUT2D eigenvalue weighted by Gasteiger charge is 2.30. The molecule has 0 bridgehead atoms. The minimum Gasteiger partial charge on any atom is -0.383 e. The van der Waals surface area contributed by atoms with Crippen molar-refractivity contribution in [3.8, 4) is 0 Å². The Bertz CT molecular complexity index is 1040. The number of H-pyrrole nitrogens is 1. The van der Waals surface area contributed by atoms with Crippen molar-refractivity contribution in [1.82, 2.24) is 14.5 Å². The van der Waals surface area contributed by atoms with Crippen LogP contribution < -0.4 is 21.9 Å². The van der Waals surface area contributed by atoms with Crippen LogP contribution in [-0.2, 0) is 24.1 Å². The average Bonchev–Trinajstić information content (AvgIpc) is 2.70. The Morgan fingerprint density at radius 2 is 1.78 bits per heavy atom. The predicted octanol–water partition coefficient (Wildman–Crippen LogP) is 2.42. The number of nitrogens with one attached hydrogen (secondary N) is 1. The number of nitrogens with zero attached hydrogens (tertiary/aromatic N) is 3.